The van der Waals surface area contributed by atoms with Crippen molar-refractivity contribution < 1.29 is 9.47 Å². The van der Waals surface area contributed by atoms with E-state index in [0.29, 0.717) is 23.8 Å². The van der Waals surface area contributed by atoms with Crippen LogP contribution in [0.15, 0.2) is 46.9 Å². The molecule has 0 aliphatic rings. The highest BCUT2D eigenvalue weighted by Gasteiger charge is 2.02. The lowest BCUT2D eigenvalue weighted by Crippen LogP contribution is -1.94. The Labute approximate surface area is 115 Å². The van der Waals surface area contributed by atoms with E-state index in [1.165, 1.54) is 0 Å². The highest BCUT2D eigenvalue weighted by molar-refractivity contribution is 9.10. The van der Waals surface area contributed by atoms with E-state index >= 15 is 0 Å². The molecule has 18 heavy (non-hydrogen) atoms. The van der Waals surface area contributed by atoms with Gasteiger partial charge >= 0.3 is 0 Å². The molecule has 0 saturated heterocycles. The van der Waals surface area contributed by atoms with Crippen LogP contribution < -0.4 is 15.2 Å². The lowest BCUT2D eigenvalue weighted by atomic mass is 10.3. The van der Waals surface area contributed by atoms with Crippen LogP contribution in [0.4, 0.5) is 5.69 Å². The largest absolute Gasteiger partial charge is 0.494 e. The Morgan fingerprint density at radius 2 is 1.67 bits per heavy atom. The lowest BCUT2D eigenvalue weighted by molar-refractivity contribution is 0.338. The predicted octanol–water partition coefficient (Wildman–Crippen LogP) is 4.22. The molecular formula is C14H14BrNO2. The van der Waals surface area contributed by atoms with Gasteiger partial charge in [-0.15, -0.1) is 0 Å². The molecule has 0 aliphatic carbocycles. The Kier molecular flexibility index (Phi) is 4.10. The summed E-state index contributed by atoms with van der Waals surface area (Å²) in [6, 6.07) is 13.0. The first-order chi connectivity index (χ1) is 8.67. The first-order valence-electron chi connectivity index (χ1n) is 5.64. The van der Waals surface area contributed by atoms with Gasteiger partial charge in [0.05, 0.1) is 6.61 Å². The van der Waals surface area contributed by atoms with Gasteiger partial charge in [-0.25, -0.2) is 0 Å². The van der Waals surface area contributed by atoms with Crippen molar-refractivity contribution in [2.75, 3.05) is 12.3 Å². The van der Waals surface area contributed by atoms with Crippen molar-refractivity contribution >= 4 is 21.6 Å². The van der Waals surface area contributed by atoms with E-state index in [9.17, 15) is 0 Å². The molecule has 2 aromatic carbocycles. The summed E-state index contributed by atoms with van der Waals surface area (Å²) in [6.45, 7) is 2.53. The highest BCUT2D eigenvalue weighted by Crippen LogP contribution is 2.29. The minimum atomic E-state index is 0.598. The second-order valence-corrected chi connectivity index (χ2v) is 4.64. The summed E-state index contributed by atoms with van der Waals surface area (Å²) in [6.07, 6.45) is 0. The molecule has 0 spiro atoms. The van der Waals surface area contributed by atoms with E-state index in [0.717, 1.165) is 10.2 Å². The van der Waals surface area contributed by atoms with Crippen LogP contribution in [0.2, 0.25) is 0 Å². The van der Waals surface area contributed by atoms with Crippen molar-refractivity contribution in [1.29, 1.82) is 0 Å². The molecule has 0 fully saturated rings. The summed E-state index contributed by atoms with van der Waals surface area (Å²) in [5.74, 6) is 2.14. The van der Waals surface area contributed by atoms with Crippen LogP contribution in [0, 0.1) is 0 Å². The van der Waals surface area contributed by atoms with Crippen LogP contribution in [0.1, 0.15) is 6.92 Å². The summed E-state index contributed by atoms with van der Waals surface area (Å²) in [7, 11) is 0. The van der Waals surface area contributed by atoms with E-state index < -0.39 is 0 Å². The molecule has 0 amide bonds. The topological polar surface area (TPSA) is 44.5 Å². The van der Waals surface area contributed by atoms with Gasteiger partial charge in [-0.1, -0.05) is 15.9 Å². The zero-order valence-corrected chi connectivity index (χ0v) is 11.6. The number of nitrogen functional groups attached to an aromatic ring is 1. The van der Waals surface area contributed by atoms with Gasteiger partial charge in [0.25, 0.3) is 0 Å². The van der Waals surface area contributed by atoms with Crippen LogP contribution in [-0.4, -0.2) is 6.61 Å². The van der Waals surface area contributed by atoms with E-state index in [2.05, 4.69) is 15.9 Å². The third-order valence-electron chi connectivity index (χ3n) is 2.26. The Morgan fingerprint density at radius 3 is 2.33 bits per heavy atom. The molecule has 0 bridgehead atoms. The molecule has 4 heteroatoms. The van der Waals surface area contributed by atoms with Crippen molar-refractivity contribution in [3.63, 3.8) is 0 Å². The fourth-order valence-electron chi connectivity index (χ4n) is 1.54. The highest BCUT2D eigenvalue weighted by atomic mass is 79.9. The fraction of sp³-hybridized carbons (Fsp3) is 0.143. The number of hydrogen-bond acceptors (Lipinski definition) is 3. The number of hydrogen-bond donors (Lipinski definition) is 1. The molecule has 3 nitrogen and oxygen atoms in total. The third kappa shape index (κ3) is 3.40. The number of anilines is 1. The molecule has 0 heterocycles. The number of ether oxygens (including phenoxy) is 2. The van der Waals surface area contributed by atoms with Gasteiger partial charge in [-0.2, -0.15) is 0 Å². The monoisotopic (exact) mass is 307 g/mol. The Bertz CT molecular complexity index is 526. The van der Waals surface area contributed by atoms with Gasteiger partial charge in [-0.05, 0) is 31.2 Å². The average Bonchev–Trinajstić information content (AvgIpc) is 2.32. The van der Waals surface area contributed by atoms with E-state index in [-0.39, 0.29) is 0 Å². The SMILES string of the molecule is CCOc1cc(N)cc(Oc2ccc(Br)cc2)c1. The predicted molar refractivity (Wildman–Crippen MR) is 76.2 cm³/mol. The minimum Gasteiger partial charge on any atom is -0.494 e. The molecule has 0 aliphatic heterocycles. The molecule has 0 radical (unpaired) electrons. The van der Waals surface area contributed by atoms with Gasteiger partial charge in [0.2, 0.25) is 0 Å². The number of benzene rings is 2. The van der Waals surface area contributed by atoms with Gasteiger partial charge in [0.1, 0.15) is 17.2 Å². The quantitative estimate of drug-likeness (QED) is 0.860. The van der Waals surface area contributed by atoms with E-state index in [4.69, 9.17) is 15.2 Å². The fourth-order valence-corrected chi connectivity index (χ4v) is 1.81. The van der Waals surface area contributed by atoms with Crippen molar-refractivity contribution in [3.8, 4) is 17.2 Å². The summed E-state index contributed by atoms with van der Waals surface area (Å²) < 4.78 is 12.1. The first-order valence-corrected chi connectivity index (χ1v) is 6.43. The molecule has 94 valence electrons. The minimum absolute atomic E-state index is 0.598. The van der Waals surface area contributed by atoms with Crippen molar-refractivity contribution in [3.05, 3.63) is 46.9 Å². The molecule has 0 unspecified atom stereocenters. The molecule has 2 rings (SSSR count). The second kappa shape index (κ2) is 5.78. The average molecular weight is 308 g/mol. The lowest BCUT2D eigenvalue weighted by Gasteiger charge is -2.09. The Balaban J connectivity index is 2.20. The first kappa shape index (κ1) is 12.8. The normalized spacial score (nSPS) is 10.1. The molecular weight excluding hydrogens is 294 g/mol. The smallest absolute Gasteiger partial charge is 0.133 e. The van der Waals surface area contributed by atoms with E-state index in [1.807, 2.05) is 37.3 Å². The molecule has 0 aromatic heterocycles. The van der Waals surface area contributed by atoms with Crippen LogP contribution in [-0.2, 0) is 0 Å². The number of nitrogens with two attached hydrogens (primary N) is 1. The summed E-state index contributed by atoms with van der Waals surface area (Å²) >= 11 is 3.38. The third-order valence-corrected chi connectivity index (χ3v) is 2.79. The van der Waals surface area contributed by atoms with Crippen LogP contribution in [0.3, 0.4) is 0 Å². The summed E-state index contributed by atoms with van der Waals surface area (Å²) in [5.41, 5.74) is 6.42. The maximum Gasteiger partial charge on any atom is 0.133 e. The van der Waals surface area contributed by atoms with Gasteiger partial charge in [0.15, 0.2) is 0 Å². The number of halogens is 1. The standard InChI is InChI=1S/C14H14BrNO2/c1-2-17-13-7-11(16)8-14(9-13)18-12-5-3-10(15)4-6-12/h3-9H,2,16H2,1H3. The van der Waals surface area contributed by atoms with Gasteiger partial charge in [-0.3, -0.25) is 0 Å². The number of rotatable bonds is 4. The summed E-state index contributed by atoms with van der Waals surface area (Å²) in [5, 5.41) is 0. The second-order valence-electron chi connectivity index (χ2n) is 3.73. The zero-order valence-electron chi connectivity index (χ0n) is 10.0. The molecule has 0 saturated carbocycles. The van der Waals surface area contributed by atoms with Gasteiger partial charge in [0, 0.05) is 28.4 Å². The summed E-state index contributed by atoms with van der Waals surface area (Å²) in [4.78, 5) is 0. The Morgan fingerprint density at radius 1 is 1.00 bits per heavy atom. The van der Waals surface area contributed by atoms with Crippen LogP contribution >= 0.6 is 15.9 Å². The maximum absolute atomic E-state index is 5.80. The zero-order chi connectivity index (χ0) is 13.0. The van der Waals surface area contributed by atoms with E-state index in [1.54, 1.807) is 12.1 Å². The van der Waals surface area contributed by atoms with Crippen LogP contribution in [0.25, 0.3) is 0 Å². The van der Waals surface area contributed by atoms with Crippen molar-refractivity contribution in [1.82, 2.24) is 0 Å². The van der Waals surface area contributed by atoms with Crippen molar-refractivity contribution in [2.45, 2.75) is 6.92 Å². The van der Waals surface area contributed by atoms with Crippen LogP contribution in [0.5, 0.6) is 17.2 Å². The maximum atomic E-state index is 5.80. The van der Waals surface area contributed by atoms with Crippen molar-refractivity contribution in [2.24, 2.45) is 0 Å². The van der Waals surface area contributed by atoms with Gasteiger partial charge < -0.3 is 15.2 Å². The molecule has 2 N–H and O–H groups in total. The molecule has 2 aromatic rings. The molecule has 0 atom stereocenters. The Hall–Kier alpha value is -1.68.